The van der Waals surface area contributed by atoms with Gasteiger partial charge in [0.1, 0.15) is 10.0 Å². The summed E-state index contributed by atoms with van der Waals surface area (Å²) >= 11 is 18.3. The number of nitro benzene ring substituents is 1. The van der Waals surface area contributed by atoms with Crippen molar-refractivity contribution in [1.82, 2.24) is 26.8 Å². The van der Waals surface area contributed by atoms with Crippen molar-refractivity contribution in [3.8, 4) is 19.8 Å². The number of thiophene rings is 2. The molecule has 2 atom stereocenters. The van der Waals surface area contributed by atoms with Crippen molar-refractivity contribution in [2.24, 2.45) is 0 Å². The highest BCUT2D eigenvalue weighted by atomic mass is 35.5. The minimum atomic E-state index is -4.60. The molecule has 21 heteroatoms. The van der Waals surface area contributed by atoms with Crippen molar-refractivity contribution in [3.05, 3.63) is 197 Å². The quantitative estimate of drug-likeness (QED) is 0.0385. The van der Waals surface area contributed by atoms with Gasteiger partial charge in [0.2, 0.25) is 11.8 Å². The molecule has 0 saturated carbocycles. The maximum absolute atomic E-state index is 12.9. The summed E-state index contributed by atoms with van der Waals surface area (Å²) in [6.07, 6.45) is 1.26. The Balaban J connectivity index is 0.000000218. The molecule has 67 heavy (non-hydrogen) atoms. The van der Waals surface area contributed by atoms with Crippen LogP contribution in [-0.4, -0.2) is 39.7 Å². The van der Waals surface area contributed by atoms with Gasteiger partial charge < -0.3 is 21.3 Å². The molecule has 0 aliphatic rings. The minimum absolute atomic E-state index is 0. The van der Waals surface area contributed by atoms with Crippen molar-refractivity contribution < 1.29 is 27.5 Å². The molecule has 8 aromatic rings. The number of nitrogens with zero attached hydrogens (tertiary/aromatic N) is 3. The molecule has 7 N–H and O–H groups in total. The molecule has 0 radical (unpaired) electrons. The molecule has 14 nitrogen and oxygen atoms in total. The Morgan fingerprint density at radius 1 is 0.627 bits per heavy atom. The zero-order valence-electron chi connectivity index (χ0n) is 35.3. The van der Waals surface area contributed by atoms with E-state index in [0.717, 1.165) is 53.4 Å². The third-order valence-electron chi connectivity index (χ3n) is 9.62. The number of halogens is 2. The second-order valence-electron chi connectivity index (χ2n) is 14.5. The fraction of sp³-hybridized carbons (Fsp3) is 0.130. The Hall–Kier alpha value is -5.87. The highest BCUT2D eigenvalue weighted by Crippen LogP contribution is 2.33. The van der Waals surface area contributed by atoms with Crippen LogP contribution < -0.4 is 21.5 Å². The highest BCUT2D eigenvalue weighted by Gasteiger charge is 2.22. The lowest BCUT2D eigenvalue weighted by Gasteiger charge is -2.18. The van der Waals surface area contributed by atoms with Crippen LogP contribution in [0.25, 0.3) is 19.8 Å². The number of thiazole rings is 2. The monoisotopic (exact) mass is 1030 g/mol. The van der Waals surface area contributed by atoms with Crippen molar-refractivity contribution in [3.63, 3.8) is 0 Å². The predicted octanol–water partition coefficient (Wildman–Crippen LogP) is 11.5. The third kappa shape index (κ3) is 15.3. The standard InChI is InChI=1S/C23H20ClN3O4S3.C23H18ClN3O3S2.H3N/c24-17-4-1-3-16(11-17)13-22(28)25-19(20-14-33-23(26-20)21-5-2-10-32-21)12-15-6-8-18(9-7-15)27-34(29,30)31;24-17-4-1-3-16(11-17)13-22(28)25-19(12-15-6-8-18(9-7-15)27(29)30)20-14-32-23(26-20)21-5-2-10-31-21;/h1-11,14,19,27H,12-13H2,(H,25,28)(H,29,30,31);1-11,14,19H,12-13H2,(H,25,28);1H3/t2*19-;/m00./s1. The van der Waals surface area contributed by atoms with E-state index in [1.54, 1.807) is 77.3 Å². The van der Waals surface area contributed by atoms with Crippen LogP contribution in [0.3, 0.4) is 0 Å². The first-order valence-corrected chi connectivity index (χ1v) is 25.5. The van der Waals surface area contributed by atoms with Crippen LogP contribution in [0.5, 0.6) is 0 Å². The van der Waals surface area contributed by atoms with Gasteiger partial charge in [-0.05, 0) is 94.4 Å². The summed E-state index contributed by atoms with van der Waals surface area (Å²) < 4.78 is 34.6. The molecule has 4 aromatic carbocycles. The maximum atomic E-state index is 12.9. The molecule has 4 heterocycles. The summed E-state index contributed by atoms with van der Waals surface area (Å²) in [7, 11) is -4.60. The zero-order chi connectivity index (χ0) is 46.6. The first-order valence-electron chi connectivity index (χ1n) is 19.8. The van der Waals surface area contributed by atoms with Crippen LogP contribution in [0.1, 0.15) is 45.7 Å². The number of carbonyl (C=O) groups excluding carboxylic acids is 2. The third-order valence-corrected chi connectivity index (χ3v) is 14.4. The van der Waals surface area contributed by atoms with E-state index in [9.17, 15) is 32.7 Å². The predicted molar refractivity (Wildman–Crippen MR) is 269 cm³/mol. The van der Waals surface area contributed by atoms with Gasteiger partial charge in [-0.25, -0.2) is 18.4 Å². The number of quaternary nitrogens is 1. The lowest BCUT2D eigenvalue weighted by Crippen LogP contribution is -2.31. The maximum Gasteiger partial charge on any atom is 0.269 e. The van der Waals surface area contributed by atoms with Gasteiger partial charge in [-0.2, -0.15) is 0 Å². The van der Waals surface area contributed by atoms with Crippen LogP contribution >= 0.6 is 68.5 Å². The first kappa shape index (κ1) is 50.5. The molecule has 0 aliphatic heterocycles. The lowest BCUT2D eigenvalue weighted by atomic mass is 10.0. The number of nitro groups is 1. The van der Waals surface area contributed by atoms with Crippen LogP contribution in [0.2, 0.25) is 10.0 Å². The summed E-state index contributed by atoms with van der Waals surface area (Å²) in [6.45, 7) is 0. The normalized spacial score (nSPS) is 11.9. The van der Waals surface area contributed by atoms with E-state index < -0.39 is 21.3 Å². The van der Waals surface area contributed by atoms with E-state index in [4.69, 9.17) is 33.2 Å². The molecule has 0 unspecified atom stereocenters. The van der Waals surface area contributed by atoms with Crippen LogP contribution in [-0.2, 0) is 45.6 Å². The number of hydrogen-bond donors (Lipinski definition) is 4. The number of anilines is 1. The lowest BCUT2D eigenvalue weighted by molar-refractivity contribution is -0.384. The molecule has 4 aromatic heterocycles. The van der Waals surface area contributed by atoms with Crippen molar-refractivity contribution >= 4 is 102 Å². The first-order chi connectivity index (χ1) is 31.7. The number of nitrogens with one attached hydrogen (secondary N) is 3. The van der Waals surface area contributed by atoms with Crippen LogP contribution in [0, 0.1) is 10.1 Å². The van der Waals surface area contributed by atoms with Gasteiger partial charge in [-0.3, -0.25) is 24.4 Å². The van der Waals surface area contributed by atoms with Gasteiger partial charge in [0, 0.05) is 38.6 Å². The van der Waals surface area contributed by atoms with Gasteiger partial charge in [0.25, 0.3) is 5.69 Å². The second kappa shape index (κ2) is 23.7. The van der Waals surface area contributed by atoms with E-state index in [1.807, 2.05) is 68.7 Å². The Labute approximate surface area is 412 Å². The number of non-ortho nitro benzene ring substituents is 1. The number of rotatable bonds is 17. The number of hydrogen-bond acceptors (Lipinski definition) is 13. The van der Waals surface area contributed by atoms with Crippen molar-refractivity contribution in [1.29, 1.82) is 0 Å². The van der Waals surface area contributed by atoms with Gasteiger partial charge >= 0.3 is 0 Å². The molecule has 346 valence electrons. The molecule has 8 rings (SSSR count). The Morgan fingerprint density at radius 2 is 1.07 bits per heavy atom. The van der Waals surface area contributed by atoms with E-state index in [1.165, 1.54) is 46.9 Å². The van der Waals surface area contributed by atoms with E-state index >= 15 is 0 Å². The molecular weight excluding hydrogens is 994 g/mol. The van der Waals surface area contributed by atoms with Crippen molar-refractivity contribution in [2.75, 3.05) is 4.72 Å². The molecule has 0 fully saturated rings. The summed E-state index contributed by atoms with van der Waals surface area (Å²) in [4.78, 5) is 47.8. The van der Waals surface area contributed by atoms with E-state index in [2.05, 4.69) is 10.6 Å². The molecule has 0 aliphatic carbocycles. The summed E-state index contributed by atoms with van der Waals surface area (Å²) in [5, 5.41) is 27.9. The van der Waals surface area contributed by atoms with Crippen LogP contribution in [0.4, 0.5) is 11.4 Å². The average Bonchev–Trinajstić information content (AvgIpc) is 4.12. The summed E-state index contributed by atoms with van der Waals surface area (Å²) in [6, 6.07) is 34.3. The molecule has 0 bridgehead atoms. The largest absolute Gasteiger partial charge is 0.731 e. The number of benzene rings is 4. The molecule has 0 saturated heterocycles. The Morgan fingerprint density at radius 3 is 1.46 bits per heavy atom. The zero-order valence-corrected chi connectivity index (χ0v) is 40.9. The molecule has 2 amide bonds. The number of amides is 2. The van der Waals surface area contributed by atoms with E-state index in [0.29, 0.717) is 22.9 Å². The van der Waals surface area contributed by atoms with Crippen molar-refractivity contribution in [2.45, 2.75) is 37.8 Å². The average molecular weight is 1040 g/mol. The van der Waals surface area contributed by atoms with Crippen LogP contribution in [0.15, 0.2) is 143 Å². The smallest absolute Gasteiger partial charge is 0.269 e. The highest BCUT2D eigenvalue weighted by molar-refractivity contribution is 7.87. The number of carbonyl (C=O) groups is 2. The number of aromatic nitrogens is 2. The van der Waals surface area contributed by atoms with Gasteiger partial charge in [0.15, 0.2) is 10.3 Å². The fourth-order valence-corrected chi connectivity index (χ4v) is 10.8. The van der Waals surface area contributed by atoms with Gasteiger partial charge in [-0.1, -0.05) is 83.9 Å². The Kier molecular flexibility index (Phi) is 17.9. The Bertz CT molecular complexity index is 3000. The minimum Gasteiger partial charge on any atom is -0.731 e. The van der Waals surface area contributed by atoms with E-state index in [-0.39, 0.29) is 48.2 Å². The molecule has 0 spiro atoms. The van der Waals surface area contributed by atoms with Gasteiger partial charge in [-0.15, -0.1) is 45.3 Å². The topological polar surface area (TPSA) is 233 Å². The second-order valence-corrected chi connectivity index (χ2v) is 20.1. The molecular formula is C46H41Cl2N7O7S5. The summed E-state index contributed by atoms with van der Waals surface area (Å²) in [5.74, 6) is -0.321. The summed E-state index contributed by atoms with van der Waals surface area (Å²) in [5.41, 5.74) is 5.03. The fourth-order valence-electron chi connectivity index (χ4n) is 6.61. The van der Waals surface area contributed by atoms with Gasteiger partial charge in [0.05, 0.1) is 51.0 Å². The SMILES string of the molecule is O=C(Cc1cccc(Cl)c1)N[C@@H](Cc1ccc(NS(=O)(=O)[O-])cc1)c1csc(-c2cccs2)n1.O=C(Cc1cccc(Cl)c1)N[C@@H](Cc1ccc([N+](=O)[O-])cc1)c1csc(-c2cccs2)n1.[NH4+].